The predicted octanol–water partition coefficient (Wildman–Crippen LogP) is 1.27. The van der Waals surface area contributed by atoms with Crippen LogP contribution in [-0.2, 0) is 0 Å². The molecule has 7 heteroatoms. The summed E-state index contributed by atoms with van der Waals surface area (Å²) in [5, 5.41) is 9.37. The minimum absolute atomic E-state index is 0.0244. The molecule has 3 rings (SSSR count). The maximum atomic E-state index is 12.2. The van der Waals surface area contributed by atoms with Crippen LogP contribution in [0.1, 0.15) is 27.6 Å². The second kappa shape index (κ2) is 4.66. The standard InChI is InChI=1S/C15H10N2O5/c1-6(18)9-4-16-11-7(13(9)19)2-3-8-12(11)17-5-10(14(8)20)15(21)22/h2-5H,1H3,(H,16,19)(H,17,20)(H,21,22). The predicted molar refractivity (Wildman–Crippen MR) is 79.7 cm³/mol. The number of ketones is 1. The summed E-state index contributed by atoms with van der Waals surface area (Å²) in [6.07, 6.45) is 2.37. The Morgan fingerprint density at radius 3 is 1.82 bits per heavy atom. The Morgan fingerprint density at radius 2 is 1.36 bits per heavy atom. The van der Waals surface area contributed by atoms with Crippen LogP contribution in [0.4, 0.5) is 0 Å². The Bertz CT molecular complexity index is 988. The van der Waals surface area contributed by atoms with E-state index in [-0.39, 0.29) is 27.7 Å². The number of pyridine rings is 2. The fourth-order valence-corrected chi connectivity index (χ4v) is 2.41. The maximum Gasteiger partial charge on any atom is 0.341 e. The van der Waals surface area contributed by atoms with Crippen LogP contribution in [0.25, 0.3) is 21.8 Å². The molecule has 1 aromatic carbocycles. The van der Waals surface area contributed by atoms with Crippen molar-refractivity contribution in [3.05, 3.63) is 56.1 Å². The van der Waals surface area contributed by atoms with Crippen LogP contribution in [0.5, 0.6) is 0 Å². The summed E-state index contributed by atoms with van der Waals surface area (Å²) in [7, 11) is 0. The van der Waals surface area contributed by atoms with Gasteiger partial charge in [-0.3, -0.25) is 14.4 Å². The van der Waals surface area contributed by atoms with Gasteiger partial charge in [0.15, 0.2) is 11.2 Å². The molecule has 110 valence electrons. The summed E-state index contributed by atoms with van der Waals surface area (Å²) in [6.45, 7) is 1.29. The van der Waals surface area contributed by atoms with Gasteiger partial charge >= 0.3 is 5.97 Å². The average molecular weight is 298 g/mol. The molecule has 0 bridgehead atoms. The minimum atomic E-state index is -1.33. The number of fused-ring (bicyclic) bond motifs is 3. The first kappa shape index (κ1) is 13.7. The molecule has 0 fully saturated rings. The number of carbonyl (C=O) groups is 2. The molecule has 2 aromatic heterocycles. The molecule has 3 N–H and O–H groups in total. The number of carboxylic acid groups (broad SMARTS) is 1. The zero-order valence-corrected chi connectivity index (χ0v) is 11.4. The first-order chi connectivity index (χ1) is 10.4. The first-order valence-corrected chi connectivity index (χ1v) is 6.36. The first-order valence-electron chi connectivity index (χ1n) is 6.36. The molecule has 0 amide bonds. The zero-order chi connectivity index (χ0) is 16.0. The summed E-state index contributed by atoms with van der Waals surface area (Å²) in [4.78, 5) is 52.3. The molecule has 0 spiro atoms. The average Bonchev–Trinajstić information content (AvgIpc) is 2.47. The molecule has 0 saturated carbocycles. The van der Waals surface area contributed by atoms with E-state index in [1.165, 1.54) is 25.3 Å². The zero-order valence-electron chi connectivity index (χ0n) is 11.4. The van der Waals surface area contributed by atoms with Crippen molar-refractivity contribution in [1.29, 1.82) is 0 Å². The lowest BCUT2D eigenvalue weighted by molar-refractivity contribution is 0.0695. The van der Waals surface area contributed by atoms with Gasteiger partial charge in [-0.1, -0.05) is 0 Å². The van der Waals surface area contributed by atoms with Crippen molar-refractivity contribution >= 4 is 33.6 Å². The van der Waals surface area contributed by atoms with E-state index in [0.29, 0.717) is 11.0 Å². The lowest BCUT2D eigenvalue weighted by Crippen LogP contribution is -2.17. The highest BCUT2D eigenvalue weighted by Gasteiger charge is 2.15. The summed E-state index contributed by atoms with van der Waals surface area (Å²) in [5.41, 5.74) is -0.766. The molecule has 2 heterocycles. The molecule has 22 heavy (non-hydrogen) atoms. The molecule has 0 radical (unpaired) electrons. The van der Waals surface area contributed by atoms with Gasteiger partial charge in [0.1, 0.15) is 5.56 Å². The summed E-state index contributed by atoms with van der Waals surface area (Å²) < 4.78 is 0. The molecule has 0 aliphatic heterocycles. The fourth-order valence-electron chi connectivity index (χ4n) is 2.41. The second-order valence-corrected chi connectivity index (χ2v) is 4.83. The number of hydrogen-bond donors (Lipinski definition) is 3. The van der Waals surface area contributed by atoms with Crippen molar-refractivity contribution in [3.63, 3.8) is 0 Å². The SMILES string of the molecule is CC(=O)c1c[nH]c2c(ccc3c(=O)c(C(=O)O)c[nH]c32)c1=O. The van der Waals surface area contributed by atoms with E-state index in [4.69, 9.17) is 5.11 Å². The molecule has 0 saturated heterocycles. The largest absolute Gasteiger partial charge is 0.477 e. The number of rotatable bonds is 2. The van der Waals surface area contributed by atoms with Crippen molar-refractivity contribution < 1.29 is 14.7 Å². The molecule has 0 unspecified atom stereocenters. The second-order valence-electron chi connectivity index (χ2n) is 4.83. The Balaban J connectivity index is 2.48. The van der Waals surface area contributed by atoms with Gasteiger partial charge in [0.25, 0.3) is 0 Å². The van der Waals surface area contributed by atoms with Crippen LogP contribution in [0.15, 0.2) is 34.1 Å². The van der Waals surface area contributed by atoms with Gasteiger partial charge in [-0.15, -0.1) is 0 Å². The molecular formula is C15H10N2O5. The lowest BCUT2D eigenvalue weighted by Gasteiger charge is -2.05. The van der Waals surface area contributed by atoms with Gasteiger partial charge in [0.05, 0.1) is 16.6 Å². The Kier molecular flexibility index (Phi) is 2.91. The van der Waals surface area contributed by atoms with Crippen molar-refractivity contribution in [2.45, 2.75) is 6.92 Å². The van der Waals surface area contributed by atoms with Gasteiger partial charge in [0, 0.05) is 23.2 Å². The number of H-pyrrole nitrogens is 2. The monoisotopic (exact) mass is 298 g/mol. The van der Waals surface area contributed by atoms with E-state index >= 15 is 0 Å². The molecule has 0 aliphatic carbocycles. The lowest BCUT2D eigenvalue weighted by atomic mass is 10.1. The number of aromatic nitrogens is 2. The molecule has 0 atom stereocenters. The molecule has 0 aliphatic rings. The molecule has 3 aromatic rings. The summed E-state index contributed by atoms with van der Waals surface area (Å²) in [6, 6.07) is 2.78. The van der Waals surface area contributed by atoms with Gasteiger partial charge in [-0.25, -0.2) is 4.79 Å². The van der Waals surface area contributed by atoms with Gasteiger partial charge in [-0.2, -0.15) is 0 Å². The Morgan fingerprint density at radius 1 is 0.909 bits per heavy atom. The number of benzene rings is 1. The number of carboxylic acids is 1. The van der Waals surface area contributed by atoms with Crippen molar-refractivity contribution in [1.82, 2.24) is 9.97 Å². The minimum Gasteiger partial charge on any atom is -0.477 e. The fraction of sp³-hybridized carbons (Fsp3) is 0.0667. The number of aromatic amines is 2. The van der Waals surface area contributed by atoms with E-state index in [2.05, 4.69) is 9.97 Å². The van der Waals surface area contributed by atoms with E-state index in [1.807, 2.05) is 0 Å². The molecular weight excluding hydrogens is 288 g/mol. The van der Waals surface area contributed by atoms with Gasteiger partial charge < -0.3 is 15.1 Å². The normalized spacial score (nSPS) is 11.0. The van der Waals surface area contributed by atoms with Gasteiger partial charge in [-0.05, 0) is 19.1 Å². The topological polar surface area (TPSA) is 120 Å². The van der Waals surface area contributed by atoms with E-state index < -0.39 is 16.8 Å². The van der Waals surface area contributed by atoms with Crippen molar-refractivity contribution in [2.24, 2.45) is 0 Å². The third kappa shape index (κ3) is 1.83. The van der Waals surface area contributed by atoms with Gasteiger partial charge in [0.2, 0.25) is 5.43 Å². The van der Waals surface area contributed by atoms with Crippen molar-refractivity contribution in [2.75, 3.05) is 0 Å². The van der Waals surface area contributed by atoms with Crippen LogP contribution in [0.3, 0.4) is 0 Å². The number of aromatic carboxylic acids is 1. The number of nitrogens with one attached hydrogen (secondary N) is 2. The summed E-state index contributed by atoms with van der Waals surface area (Å²) >= 11 is 0. The highest BCUT2D eigenvalue weighted by Crippen LogP contribution is 2.18. The third-order valence-corrected chi connectivity index (χ3v) is 3.52. The highest BCUT2D eigenvalue weighted by atomic mass is 16.4. The van der Waals surface area contributed by atoms with Crippen LogP contribution >= 0.6 is 0 Å². The highest BCUT2D eigenvalue weighted by molar-refractivity contribution is 6.06. The quantitative estimate of drug-likeness (QED) is 0.486. The van der Waals surface area contributed by atoms with Crippen LogP contribution in [0, 0.1) is 0 Å². The molecule has 7 nitrogen and oxygen atoms in total. The number of hydrogen-bond acceptors (Lipinski definition) is 4. The van der Waals surface area contributed by atoms with Crippen LogP contribution < -0.4 is 10.9 Å². The van der Waals surface area contributed by atoms with Crippen molar-refractivity contribution in [3.8, 4) is 0 Å². The number of carbonyl (C=O) groups excluding carboxylic acids is 1. The number of Topliss-reactive ketones (excluding diaryl/α,β-unsaturated/α-hetero) is 1. The third-order valence-electron chi connectivity index (χ3n) is 3.52. The Hall–Kier alpha value is -3.22. The Labute approximate surface area is 122 Å². The maximum absolute atomic E-state index is 12.2. The van der Waals surface area contributed by atoms with E-state index in [1.54, 1.807) is 0 Å². The van der Waals surface area contributed by atoms with Crippen LogP contribution in [-0.4, -0.2) is 26.8 Å². The smallest absolute Gasteiger partial charge is 0.341 e. The summed E-state index contributed by atoms with van der Waals surface area (Å²) in [5.74, 6) is -1.69. The van der Waals surface area contributed by atoms with E-state index in [0.717, 1.165) is 6.20 Å². The van der Waals surface area contributed by atoms with E-state index in [9.17, 15) is 19.2 Å². The van der Waals surface area contributed by atoms with Crippen LogP contribution in [0.2, 0.25) is 0 Å².